The summed E-state index contributed by atoms with van der Waals surface area (Å²) in [6.07, 6.45) is 6.24. The minimum Gasteiger partial charge on any atom is -0.467 e. The first-order valence-electron chi connectivity index (χ1n) is 13.2. The standard InChI is InChI=1S/C30H38N2O6/c1-29(2,3)25-26(33)32-19-30(37-5,18-24(32)27(34)36-4)23-14-13-21-12-11-20(16-22(21)17-23)10-8-6-7-9-15-38-28(35)31-25/h8,10-14,16-17,24-25H,6-7,9,15,18-19H2,1-5H3,(H,31,35)/b10-8+/t24-,25+,30-/m0/s1. The number of carbonyl (C=O) groups is 3. The smallest absolute Gasteiger partial charge is 0.407 e. The Morgan fingerprint density at radius 2 is 1.84 bits per heavy atom. The average Bonchev–Trinajstić information content (AvgIpc) is 3.30. The largest absolute Gasteiger partial charge is 0.467 e. The highest BCUT2D eigenvalue weighted by molar-refractivity contribution is 5.91. The number of ether oxygens (including phenoxy) is 3. The molecule has 5 bridgehead atoms. The van der Waals surface area contributed by atoms with Crippen molar-refractivity contribution in [2.75, 3.05) is 27.4 Å². The Bertz CT molecular complexity index is 1230. The first-order valence-corrected chi connectivity index (χ1v) is 13.2. The molecule has 2 heterocycles. The summed E-state index contributed by atoms with van der Waals surface area (Å²) in [6, 6.07) is 10.6. The second-order valence-electron chi connectivity index (χ2n) is 11.2. The van der Waals surface area contributed by atoms with Crippen molar-refractivity contribution in [3.63, 3.8) is 0 Å². The number of nitrogens with zero attached hydrogens (tertiary/aromatic N) is 1. The Morgan fingerprint density at radius 1 is 1.08 bits per heavy atom. The van der Waals surface area contributed by atoms with Crippen molar-refractivity contribution >= 4 is 34.8 Å². The first kappa shape index (κ1) is 27.6. The molecule has 4 rings (SSSR count). The molecule has 0 radical (unpaired) electrons. The summed E-state index contributed by atoms with van der Waals surface area (Å²) in [5, 5.41) is 4.90. The van der Waals surface area contributed by atoms with Crippen LogP contribution in [0.2, 0.25) is 0 Å². The number of rotatable bonds is 2. The van der Waals surface area contributed by atoms with E-state index in [1.165, 1.54) is 12.0 Å². The number of esters is 1. The zero-order chi connectivity index (χ0) is 27.5. The van der Waals surface area contributed by atoms with Crippen molar-refractivity contribution in [1.82, 2.24) is 10.2 Å². The number of hydrogen-bond donors (Lipinski definition) is 1. The number of amides is 2. The molecule has 204 valence electrons. The van der Waals surface area contributed by atoms with Crippen LogP contribution in [0.15, 0.2) is 42.5 Å². The van der Waals surface area contributed by atoms with Gasteiger partial charge >= 0.3 is 12.1 Å². The van der Waals surface area contributed by atoms with E-state index in [1.54, 1.807) is 7.11 Å². The Balaban J connectivity index is 1.81. The van der Waals surface area contributed by atoms with Crippen LogP contribution in [0.1, 0.15) is 57.6 Å². The van der Waals surface area contributed by atoms with Crippen molar-refractivity contribution in [3.05, 3.63) is 53.6 Å². The molecule has 2 amide bonds. The predicted molar refractivity (Wildman–Crippen MR) is 145 cm³/mol. The monoisotopic (exact) mass is 522 g/mol. The Kier molecular flexibility index (Phi) is 8.11. The van der Waals surface area contributed by atoms with E-state index in [0.29, 0.717) is 6.42 Å². The normalized spacial score (nSPS) is 25.9. The topological polar surface area (TPSA) is 94.2 Å². The van der Waals surface area contributed by atoms with Crippen LogP contribution < -0.4 is 5.32 Å². The van der Waals surface area contributed by atoms with Gasteiger partial charge in [-0.05, 0) is 58.7 Å². The SMILES string of the molecule is COC(=O)[C@@H]1C[C@]2(OC)CN1C(=O)[C@H](C(C)(C)C)NC(=O)OCCCC/C=C/c1ccc3ccc2cc3c1. The van der Waals surface area contributed by atoms with Gasteiger partial charge in [0.25, 0.3) is 0 Å². The van der Waals surface area contributed by atoms with Gasteiger partial charge < -0.3 is 24.4 Å². The van der Waals surface area contributed by atoms with Crippen molar-refractivity contribution in [1.29, 1.82) is 0 Å². The van der Waals surface area contributed by atoms with Crippen molar-refractivity contribution < 1.29 is 28.6 Å². The predicted octanol–water partition coefficient (Wildman–Crippen LogP) is 4.79. The van der Waals surface area contributed by atoms with Crippen molar-refractivity contribution in [2.24, 2.45) is 5.41 Å². The van der Waals surface area contributed by atoms with Gasteiger partial charge in [-0.15, -0.1) is 0 Å². The summed E-state index contributed by atoms with van der Waals surface area (Å²) >= 11 is 0. The van der Waals surface area contributed by atoms with Gasteiger partial charge in [0.15, 0.2) is 0 Å². The number of benzene rings is 2. The third-order valence-electron chi connectivity index (χ3n) is 7.55. The van der Waals surface area contributed by atoms with Gasteiger partial charge in [0.05, 0.1) is 20.3 Å². The maximum absolute atomic E-state index is 14.0. The molecule has 2 aromatic carbocycles. The summed E-state index contributed by atoms with van der Waals surface area (Å²) in [5.41, 5.74) is 0.382. The zero-order valence-corrected chi connectivity index (χ0v) is 22.9. The molecule has 1 N–H and O–H groups in total. The molecule has 0 aromatic heterocycles. The molecular weight excluding hydrogens is 484 g/mol. The molecule has 2 aromatic rings. The summed E-state index contributed by atoms with van der Waals surface area (Å²) in [7, 11) is 2.90. The van der Waals surface area contributed by atoms with Crippen molar-refractivity contribution in [2.45, 2.75) is 64.1 Å². The third kappa shape index (κ3) is 5.70. The molecule has 0 spiro atoms. The van der Waals surface area contributed by atoms with Crippen LogP contribution in [0.4, 0.5) is 4.79 Å². The molecule has 2 aliphatic rings. The first-order chi connectivity index (χ1) is 18.1. The maximum atomic E-state index is 14.0. The van der Waals surface area contributed by atoms with Gasteiger partial charge in [-0.1, -0.05) is 57.2 Å². The van der Waals surface area contributed by atoms with Gasteiger partial charge in [-0.3, -0.25) is 4.79 Å². The highest BCUT2D eigenvalue weighted by Crippen LogP contribution is 2.41. The number of carbonyl (C=O) groups excluding carboxylic acids is 3. The fourth-order valence-electron chi connectivity index (χ4n) is 5.30. The molecule has 38 heavy (non-hydrogen) atoms. The molecule has 8 nitrogen and oxygen atoms in total. The lowest BCUT2D eigenvalue weighted by Gasteiger charge is -2.35. The Morgan fingerprint density at radius 3 is 2.55 bits per heavy atom. The Hall–Kier alpha value is -3.39. The average molecular weight is 523 g/mol. The van der Waals surface area contributed by atoms with Gasteiger partial charge in [0.1, 0.15) is 17.7 Å². The second-order valence-corrected chi connectivity index (χ2v) is 11.2. The summed E-state index contributed by atoms with van der Waals surface area (Å²) in [4.78, 5) is 41.1. The molecule has 3 atom stereocenters. The number of methoxy groups -OCH3 is 2. The van der Waals surface area contributed by atoms with Gasteiger partial charge in [0, 0.05) is 13.5 Å². The second kappa shape index (κ2) is 11.2. The van der Waals surface area contributed by atoms with E-state index >= 15 is 0 Å². The summed E-state index contributed by atoms with van der Waals surface area (Å²) in [6.45, 7) is 5.99. The molecule has 1 saturated heterocycles. The molecule has 8 heteroatoms. The molecule has 0 unspecified atom stereocenters. The quantitative estimate of drug-likeness (QED) is 0.570. The van der Waals surface area contributed by atoms with Crippen LogP contribution in [0.25, 0.3) is 16.8 Å². The molecule has 0 saturated carbocycles. The lowest BCUT2D eigenvalue weighted by Crippen LogP contribution is -2.57. The van der Waals surface area contributed by atoms with Gasteiger partial charge in [-0.2, -0.15) is 0 Å². The number of hydrogen-bond acceptors (Lipinski definition) is 6. The van der Waals surface area contributed by atoms with E-state index in [0.717, 1.165) is 34.7 Å². The van der Waals surface area contributed by atoms with Gasteiger partial charge in [-0.25, -0.2) is 9.59 Å². The third-order valence-corrected chi connectivity index (χ3v) is 7.55. The highest BCUT2D eigenvalue weighted by Gasteiger charge is 2.53. The zero-order valence-electron chi connectivity index (χ0n) is 22.9. The van der Waals surface area contributed by atoms with Crippen LogP contribution >= 0.6 is 0 Å². The van der Waals surface area contributed by atoms with Crippen molar-refractivity contribution in [3.8, 4) is 0 Å². The lowest BCUT2D eigenvalue weighted by atomic mass is 9.85. The van der Waals surface area contributed by atoms with Crippen LogP contribution in [0.3, 0.4) is 0 Å². The number of nitrogens with one attached hydrogen (secondary N) is 1. The number of allylic oxidation sites excluding steroid dienone is 1. The minimum atomic E-state index is -0.930. The molecule has 2 aliphatic heterocycles. The molecule has 1 fully saturated rings. The molecule has 0 aliphatic carbocycles. The van der Waals surface area contributed by atoms with Crippen LogP contribution in [0, 0.1) is 5.41 Å². The van der Waals surface area contributed by atoms with E-state index in [-0.39, 0.29) is 25.5 Å². The highest BCUT2D eigenvalue weighted by atomic mass is 16.5. The van der Waals surface area contributed by atoms with E-state index in [1.807, 2.05) is 32.9 Å². The van der Waals surface area contributed by atoms with Crippen LogP contribution in [-0.4, -0.2) is 62.3 Å². The van der Waals surface area contributed by atoms with E-state index in [9.17, 15) is 14.4 Å². The fourth-order valence-corrected chi connectivity index (χ4v) is 5.30. The maximum Gasteiger partial charge on any atom is 0.407 e. The molecular formula is C30H38N2O6. The lowest BCUT2D eigenvalue weighted by molar-refractivity contribution is -0.152. The van der Waals surface area contributed by atoms with Crippen LogP contribution in [0.5, 0.6) is 0 Å². The Labute approximate surface area is 224 Å². The van der Waals surface area contributed by atoms with E-state index in [4.69, 9.17) is 14.2 Å². The number of cyclic esters (lactones) is 1. The number of fused-ring (bicyclic) bond motifs is 5. The number of alkyl carbamates (subject to hydrolysis) is 1. The van der Waals surface area contributed by atoms with Crippen LogP contribution in [-0.2, 0) is 29.4 Å². The van der Waals surface area contributed by atoms with E-state index < -0.39 is 35.2 Å². The van der Waals surface area contributed by atoms with E-state index in [2.05, 4.69) is 41.7 Å². The summed E-state index contributed by atoms with van der Waals surface area (Å²) in [5.74, 6) is -0.906. The minimum absolute atomic E-state index is 0.135. The van der Waals surface area contributed by atoms with Gasteiger partial charge in [0.2, 0.25) is 5.91 Å². The summed E-state index contributed by atoms with van der Waals surface area (Å²) < 4.78 is 16.6. The fraction of sp³-hybridized carbons (Fsp3) is 0.500.